The van der Waals surface area contributed by atoms with Gasteiger partial charge in [-0.3, -0.25) is 0 Å². The van der Waals surface area contributed by atoms with Gasteiger partial charge in [-0.25, -0.2) is 19.9 Å². The van der Waals surface area contributed by atoms with Crippen LogP contribution in [-0.2, 0) is 0 Å². The Bertz CT molecular complexity index is 4330. The Kier molecular flexibility index (Phi) is 8.05. The minimum atomic E-state index is 0.739. The third kappa shape index (κ3) is 5.52. The van der Waals surface area contributed by atoms with Crippen LogP contribution in [0, 0.1) is 13.8 Å². The molecule has 0 unspecified atom stereocenters. The van der Waals surface area contributed by atoms with Gasteiger partial charge in [-0.2, -0.15) is 0 Å². The maximum absolute atomic E-state index is 5.44. The van der Waals surface area contributed by atoms with Crippen LogP contribution < -0.4 is 0 Å². The highest BCUT2D eigenvalue weighted by Crippen LogP contribution is 2.43. The van der Waals surface area contributed by atoms with Crippen LogP contribution in [0.1, 0.15) is 11.4 Å². The predicted octanol–water partition coefficient (Wildman–Crippen LogP) is 15.8. The van der Waals surface area contributed by atoms with Crippen LogP contribution in [0.3, 0.4) is 0 Å². The van der Waals surface area contributed by atoms with Crippen LogP contribution in [0.2, 0.25) is 0 Å². The number of hydrogen-bond acceptors (Lipinski definition) is 6. The second-order valence-electron chi connectivity index (χ2n) is 17.1. The van der Waals surface area contributed by atoms with E-state index in [9.17, 15) is 0 Å². The van der Waals surface area contributed by atoms with Gasteiger partial charge in [0.2, 0.25) is 0 Å². The molecule has 0 aliphatic heterocycles. The summed E-state index contributed by atoms with van der Waals surface area (Å²) in [6, 6.07) is 65.3. The largest absolute Gasteiger partial charge is 0.309 e. The zero-order chi connectivity index (χ0) is 43.6. The van der Waals surface area contributed by atoms with E-state index in [4.69, 9.17) is 19.9 Å². The first kappa shape index (κ1) is 37.3. The van der Waals surface area contributed by atoms with Crippen molar-refractivity contribution in [3.8, 4) is 45.3 Å². The van der Waals surface area contributed by atoms with Crippen molar-refractivity contribution in [2.45, 2.75) is 13.8 Å². The Morgan fingerprint density at radius 3 is 1.77 bits per heavy atom. The van der Waals surface area contributed by atoms with Crippen molar-refractivity contribution in [1.82, 2.24) is 29.1 Å². The molecule has 6 nitrogen and oxygen atoms in total. The third-order valence-corrected chi connectivity index (χ3v) is 15.7. The normalized spacial score (nSPS) is 12.1. The molecule has 310 valence electrons. The molecule has 6 heterocycles. The molecule has 66 heavy (non-hydrogen) atoms. The van der Waals surface area contributed by atoms with E-state index in [-0.39, 0.29) is 0 Å². The molecule has 8 aromatic carbocycles. The second-order valence-corrected chi connectivity index (χ2v) is 19.2. The van der Waals surface area contributed by atoms with E-state index in [2.05, 4.69) is 205 Å². The molecule has 0 aliphatic rings. The first-order chi connectivity index (χ1) is 32.5. The molecule has 0 atom stereocenters. The van der Waals surface area contributed by atoms with E-state index in [1.54, 1.807) is 22.7 Å². The van der Waals surface area contributed by atoms with E-state index < -0.39 is 0 Å². The summed E-state index contributed by atoms with van der Waals surface area (Å²) in [5.74, 6) is 1.48. The number of nitrogens with zero attached hydrogens (tertiary/aromatic N) is 6. The highest BCUT2D eigenvalue weighted by Gasteiger charge is 2.21. The quantitative estimate of drug-likeness (QED) is 0.173. The fourth-order valence-electron chi connectivity index (χ4n) is 10.2. The Hall–Kier alpha value is -8.04. The third-order valence-electron chi connectivity index (χ3n) is 13.2. The second kappa shape index (κ2) is 14.2. The molecule has 0 amide bonds. The van der Waals surface area contributed by atoms with Crippen molar-refractivity contribution >= 4 is 107 Å². The molecule has 14 aromatic rings. The molecule has 0 aliphatic carbocycles. The minimum Gasteiger partial charge on any atom is -0.309 e. The lowest BCUT2D eigenvalue weighted by molar-refractivity contribution is 1.16. The lowest BCUT2D eigenvalue weighted by Gasteiger charge is -2.11. The summed E-state index contributed by atoms with van der Waals surface area (Å²) >= 11 is 3.53. The van der Waals surface area contributed by atoms with Crippen molar-refractivity contribution < 1.29 is 0 Å². The maximum atomic E-state index is 5.44. The number of fused-ring (bicyclic) bond motifs is 12. The maximum Gasteiger partial charge on any atom is 0.160 e. The molecular formula is C58H36N6S2. The average molecular weight is 881 g/mol. The highest BCUT2D eigenvalue weighted by molar-refractivity contribution is 7.26. The molecule has 8 heteroatoms. The van der Waals surface area contributed by atoms with Crippen LogP contribution in [0.5, 0.6) is 0 Å². The number of rotatable bonds is 5. The monoisotopic (exact) mass is 880 g/mol. The van der Waals surface area contributed by atoms with E-state index in [1.165, 1.54) is 30.9 Å². The van der Waals surface area contributed by atoms with Crippen molar-refractivity contribution in [1.29, 1.82) is 0 Å². The zero-order valence-electron chi connectivity index (χ0n) is 35.8. The molecule has 0 fully saturated rings. The molecule has 0 saturated carbocycles. The summed E-state index contributed by atoms with van der Waals surface area (Å²) in [7, 11) is 0. The fourth-order valence-corrected chi connectivity index (χ4v) is 12.4. The molecule has 0 radical (unpaired) electrons. The fraction of sp³-hybridized carbons (Fsp3) is 0.0345. The Balaban J connectivity index is 0.907. The first-order valence-corrected chi connectivity index (χ1v) is 23.8. The summed E-state index contributed by atoms with van der Waals surface area (Å²) in [5, 5.41) is 7.05. The standard InChI is InChI=1S/C58H36N6S2/c1-33-55-53(43-20-8-11-25-50(43)65-55)61-57(59-33)37-26-28-41-40-18-6-9-22-46(40)64(49(41)32-37)39-17-12-14-35(30-39)36-27-29-51-45(31-36)54-56(66-51)34(2)60-58(62-54)44-21-13-24-48-52(44)42-19-7-10-23-47(42)63(48)38-15-4-3-5-16-38/h3-32H,1-2H3. The molecule has 0 N–H and O–H groups in total. The summed E-state index contributed by atoms with van der Waals surface area (Å²) in [6.07, 6.45) is 0. The van der Waals surface area contributed by atoms with E-state index in [1.807, 2.05) is 0 Å². The van der Waals surface area contributed by atoms with Crippen molar-refractivity contribution in [3.05, 3.63) is 193 Å². The number of aryl methyl sites for hydroxylation is 2. The lowest BCUT2D eigenvalue weighted by Crippen LogP contribution is -1.96. The average Bonchev–Trinajstić information content (AvgIpc) is 4.12. The van der Waals surface area contributed by atoms with Crippen LogP contribution in [0.4, 0.5) is 0 Å². The van der Waals surface area contributed by atoms with Crippen molar-refractivity contribution in [2.24, 2.45) is 0 Å². The van der Waals surface area contributed by atoms with Crippen LogP contribution in [0.15, 0.2) is 182 Å². The van der Waals surface area contributed by atoms with Crippen molar-refractivity contribution in [3.63, 3.8) is 0 Å². The molecule has 6 aromatic heterocycles. The van der Waals surface area contributed by atoms with E-state index in [0.717, 1.165) is 110 Å². The Labute approximate surface area is 386 Å². The van der Waals surface area contributed by atoms with Gasteiger partial charge in [-0.1, -0.05) is 115 Å². The summed E-state index contributed by atoms with van der Waals surface area (Å²) in [5.41, 5.74) is 15.1. The SMILES string of the molecule is Cc1nc(-c2ccc3c4ccccc4n(-c4cccc(-c5ccc6sc7c(C)nc(-c8cccc9c8c8ccccc8n9-c8ccccc8)nc7c6c5)c4)c3c2)nc2c1sc1ccccc12. The van der Waals surface area contributed by atoms with Gasteiger partial charge in [-0.15, -0.1) is 22.7 Å². The summed E-state index contributed by atoms with van der Waals surface area (Å²) < 4.78 is 9.42. The number of benzene rings is 8. The van der Waals surface area contributed by atoms with Gasteiger partial charge < -0.3 is 9.13 Å². The van der Waals surface area contributed by atoms with Crippen LogP contribution in [-0.4, -0.2) is 29.1 Å². The van der Waals surface area contributed by atoms with Gasteiger partial charge in [0, 0.05) is 64.2 Å². The van der Waals surface area contributed by atoms with E-state index >= 15 is 0 Å². The van der Waals surface area contributed by atoms with Gasteiger partial charge in [-0.05, 0) is 91.7 Å². The van der Waals surface area contributed by atoms with Crippen LogP contribution in [0.25, 0.3) is 129 Å². The number of thiophene rings is 2. The molecular weight excluding hydrogens is 845 g/mol. The van der Waals surface area contributed by atoms with Gasteiger partial charge in [0.1, 0.15) is 0 Å². The topological polar surface area (TPSA) is 61.4 Å². The Morgan fingerprint density at radius 2 is 0.939 bits per heavy atom. The lowest BCUT2D eigenvalue weighted by atomic mass is 10.0. The number of para-hydroxylation sites is 3. The summed E-state index contributed by atoms with van der Waals surface area (Å²) in [4.78, 5) is 20.9. The summed E-state index contributed by atoms with van der Waals surface area (Å²) in [6.45, 7) is 4.22. The van der Waals surface area contributed by atoms with Gasteiger partial charge in [0.25, 0.3) is 0 Å². The smallest absolute Gasteiger partial charge is 0.160 e. The molecule has 0 saturated heterocycles. The van der Waals surface area contributed by atoms with Crippen LogP contribution >= 0.6 is 22.7 Å². The number of hydrogen-bond donors (Lipinski definition) is 0. The molecule has 0 bridgehead atoms. The van der Waals surface area contributed by atoms with Gasteiger partial charge >= 0.3 is 0 Å². The molecule has 14 rings (SSSR count). The van der Waals surface area contributed by atoms with Crippen molar-refractivity contribution in [2.75, 3.05) is 0 Å². The van der Waals surface area contributed by atoms with Gasteiger partial charge in [0.05, 0.1) is 53.9 Å². The van der Waals surface area contributed by atoms with E-state index in [0.29, 0.717) is 0 Å². The zero-order valence-corrected chi connectivity index (χ0v) is 37.5. The predicted molar refractivity (Wildman–Crippen MR) is 278 cm³/mol. The van der Waals surface area contributed by atoms with Gasteiger partial charge in [0.15, 0.2) is 11.6 Å². The first-order valence-electron chi connectivity index (χ1n) is 22.1. The minimum absolute atomic E-state index is 0.739. The highest BCUT2D eigenvalue weighted by atomic mass is 32.1. The number of aromatic nitrogens is 6. The Morgan fingerprint density at radius 1 is 0.364 bits per heavy atom. The molecule has 0 spiro atoms.